The quantitative estimate of drug-likeness (QED) is 0.916. The lowest BCUT2D eigenvalue weighted by Gasteiger charge is -2.13. The van der Waals surface area contributed by atoms with Gasteiger partial charge in [0.05, 0.1) is 7.11 Å². The van der Waals surface area contributed by atoms with Crippen LogP contribution in [0, 0.1) is 13.8 Å². The monoisotopic (exact) mass is 258 g/mol. The van der Waals surface area contributed by atoms with Gasteiger partial charge in [0.2, 0.25) is 0 Å². The van der Waals surface area contributed by atoms with Crippen molar-refractivity contribution in [1.82, 2.24) is 4.98 Å². The zero-order valence-electron chi connectivity index (χ0n) is 11.4. The first-order valence-electron chi connectivity index (χ1n) is 6.13. The smallest absolute Gasteiger partial charge is 0.135 e. The summed E-state index contributed by atoms with van der Waals surface area (Å²) < 4.78 is 11.0. The van der Waals surface area contributed by atoms with Crippen LogP contribution in [0.4, 0.5) is 0 Å². The lowest BCUT2D eigenvalue weighted by molar-refractivity contribution is 0.412. The molecule has 0 saturated heterocycles. The van der Waals surface area contributed by atoms with E-state index in [-0.39, 0.29) is 0 Å². The number of nitrogens with two attached hydrogens (primary N) is 1. The van der Waals surface area contributed by atoms with Gasteiger partial charge in [0.15, 0.2) is 0 Å². The van der Waals surface area contributed by atoms with Gasteiger partial charge in [0.25, 0.3) is 0 Å². The number of benzene rings is 1. The van der Waals surface area contributed by atoms with E-state index in [0.29, 0.717) is 6.54 Å². The Morgan fingerprint density at radius 2 is 1.74 bits per heavy atom. The van der Waals surface area contributed by atoms with E-state index in [9.17, 15) is 0 Å². The number of aromatic nitrogens is 1. The molecule has 2 aromatic rings. The summed E-state index contributed by atoms with van der Waals surface area (Å²) in [6.07, 6.45) is 0. The van der Waals surface area contributed by atoms with Crippen LogP contribution in [0.1, 0.15) is 17.0 Å². The molecular formula is C15H18N2O2. The molecule has 0 amide bonds. The van der Waals surface area contributed by atoms with Gasteiger partial charge in [-0.05, 0) is 38.1 Å². The molecule has 0 aliphatic heterocycles. The highest BCUT2D eigenvalue weighted by Crippen LogP contribution is 2.28. The number of aryl methyl sites for hydroxylation is 2. The molecule has 4 nitrogen and oxygen atoms in total. The third-order valence-corrected chi connectivity index (χ3v) is 2.91. The van der Waals surface area contributed by atoms with E-state index in [1.807, 2.05) is 44.2 Å². The number of ether oxygens (including phenoxy) is 2. The second kappa shape index (κ2) is 5.71. The zero-order valence-corrected chi connectivity index (χ0v) is 11.4. The van der Waals surface area contributed by atoms with Crippen LogP contribution in [-0.2, 0) is 6.54 Å². The van der Waals surface area contributed by atoms with Crippen molar-refractivity contribution >= 4 is 0 Å². The average molecular weight is 258 g/mol. The summed E-state index contributed by atoms with van der Waals surface area (Å²) in [4.78, 5) is 4.39. The molecule has 2 N–H and O–H groups in total. The van der Waals surface area contributed by atoms with Crippen molar-refractivity contribution in [3.63, 3.8) is 0 Å². The normalized spacial score (nSPS) is 10.3. The summed E-state index contributed by atoms with van der Waals surface area (Å²) in [5, 5.41) is 0. The van der Waals surface area contributed by atoms with Crippen molar-refractivity contribution < 1.29 is 9.47 Å². The molecule has 19 heavy (non-hydrogen) atoms. The largest absolute Gasteiger partial charge is 0.497 e. The van der Waals surface area contributed by atoms with Crippen molar-refractivity contribution in [2.75, 3.05) is 7.11 Å². The Balaban J connectivity index is 2.31. The average Bonchev–Trinajstić information content (AvgIpc) is 2.39. The highest BCUT2D eigenvalue weighted by molar-refractivity contribution is 5.42. The highest BCUT2D eigenvalue weighted by Gasteiger charge is 2.09. The van der Waals surface area contributed by atoms with Crippen LogP contribution in [0.2, 0.25) is 0 Å². The van der Waals surface area contributed by atoms with E-state index < -0.39 is 0 Å². The van der Waals surface area contributed by atoms with Crippen molar-refractivity contribution in [3.05, 3.63) is 47.3 Å². The molecule has 0 unspecified atom stereocenters. The molecular weight excluding hydrogens is 240 g/mol. The molecule has 1 heterocycles. The van der Waals surface area contributed by atoms with Gasteiger partial charge in [-0.1, -0.05) is 0 Å². The van der Waals surface area contributed by atoms with Gasteiger partial charge in [-0.25, -0.2) is 0 Å². The summed E-state index contributed by atoms with van der Waals surface area (Å²) in [5.74, 6) is 2.31. The van der Waals surface area contributed by atoms with Gasteiger partial charge < -0.3 is 15.2 Å². The van der Waals surface area contributed by atoms with E-state index in [2.05, 4.69) is 4.98 Å². The van der Waals surface area contributed by atoms with E-state index in [1.165, 1.54) is 0 Å². The van der Waals surface area contributed by atoms with Crippen LogP contribution in [0.25, 0.3) is 0 Å². The number of hydrogen-bond donors (Lipinski definition) is 1. The molecule has 0 aliphatic carbocycles. The molecule has 2 rings (SSSR count). The second-order valence-electron chi connectivity index (χ2n) is 4.31. The van der Waals surface area contributed by atoms with Crippen LogP contribution >= 0.6 is 0 Å². The van der Waals surface area contributed by atoms with Crippen molar-refractivity contribution in [2.45, 2.75) is 20.4 Å². The number of pyridine rings is 1. The maximum Gasteiger partial charge on any atom is 0.135 e. The minimum Gasteiger partial charge on any atom is -0.497 e. The molecule has 0 fully saturated rings. The lowest BCUT2D eigenvalue weighted by Crippen LogP contribution is -2.04. The van der Waals surface area contributed by atoms with Crippen molar-refractivity contribution in [1.29, 1.82) is 0 Å². The fourth-order valence-electron chi connectivity index (χ4n) is 1.93. The van der Waals surface area contributed by atoms with Gasteiger partial charge in [-0.2, -0.15) is 0 Å². The Morgan fingerprint density at radius 3 is 2.32 bits per heavy atom. The first-order chi connectivity index (χ1) is 9.13. The predicted octanol–water partition coefficient (Wildman–Crippen LogP) is 2.96. The first-order valence-corrected chi connectivity index (χ1v) is 6.13. The Bertz CT molecular complexity index is 565. The maximum absolute atomic E-state index is 5.89. The fourth-order valence-corrected chi connectivity index (χ4v) is 1.93. The van der Waals surface area contributed by atoms with E-state index in [0.717, 1.165) is 34.2 Å². The molecule has 0 saturated carbocycles. The summed E-state index contributed by atoms with van der Waals surface area (Å²) in [6, 6.07) is 9.35. The van der Waals surface area contributed by atoms with Crippen LogP contribution < -0.4 is 15.2 Å². The molecule has 0 atom stereocenters. The fraction of sp³-hybridized carbons (Fsp3) is 0.267. The molecule has 0 bridgehead atoms. The minimum absolute atomic E-state index is 0.407. The number of hydrogen-bond acceptors (Lipinski definition) is 4. The van der Waals surface area contributed by atoms with Crippen LogP contribution in [0.5, 0.6) is 17.2 Å². The van der Waals surface area contributed by atoms with Gasteiger partial charge in [-0.15, -0.1) is 0 Å². The number of methoxy groups -OCH3 is 1. The SMILES string of the molecule is COc1ccc(Oc2cc(C)nc(C)c2CN)cc1. The second-order valence-corrected chi connectivity index (χ2v) is 4.31. The van der Waals surface area contributed by atoms with Crippen LogP contribution in [0.3, 0.4) is 0 Å². The third-order valence-electron chi connectivity index (χ3n) is 2.91. The van der Waals surface area contributed by atoms with E-state index >= 15 is 0 Å². The van der Waals surface area contributed by atoms with Gasteiger partial charge >= 0.3 is 0 Å². The highest BCUT2D eigenvalue weighted by atomic mass is 16.5. The molecule has 1 aromatic carbocycles. The van der Waals surface area contributed by atoms with Crippen LogP contribution in [0.15, 0.2) is 30.3 Å². The van der Waals surface area contributed by atoms with E-state index in [1.54, 1.807) is 7.11 Å². The van der Waals surface area contributed by atoms with Crippen LogP contribution in [-0.4, -0.2) is 12.1 Å². The summed E-state index contributed by atoms with van der Waals surface area (Å²) in [5.41, 5.74) is 8.52. The summed E-state index contributed by atoms with van der Waals surface area (Å²) in [7, 11) is 1.64. The third kappa shape index (κ3) is 3.03. The standard InChI is InChI=1S/C15H18N2O2/c1-10-8-15(14(9-16)11(2)17-10)19-13-6-4-12(18-3)5-7-13/h4-8H,9,16H2,1-3H3. The minimum atomic E-state index is 0.407. The Labute approximate surface area is 113 Å². The first kappa shape index (κ1) is 13.4. The zero-order chi connectivity index (χ0) is 13.8. The van der Waals surface area contributed by atoms with Gasteiger partial charge in [0.1, 0.15) is 17.2 Å². The molecule has 0 radical (unpaired) electrons. The molecule has 4 heteroatoms. The molecule has 0 spiro atoms. The molecule has 1 aromatic heterocycles. The van der Waals surface area contributed by atoms with Crippen molar-refractivity contribution in [2.24, 2.45) is 5.73 Å². The Morgan fingerprint density at radius 1 is 1.11 bits per heavy atom. The number of rotatable bonds is 4. The number of nitrogens with zero attached hydrogens (tertiary/aromatic N) is 1. The summed E-state index contributed by atoms with van der Waals surface area (Å²) >= 11 is 0. The molecule has 0 aliphatic rings. The predicted molar refractivity (Wildman–Crippen MR) is 74.7 cm³/mol. The maximum atomic E-state index is 5.89. The Hall–Kier alpha value is -2.07. The molecule has 100 valence electrons. The Kier molecular flexibility index (Phi) is 4.02. The van der Waals surface area contributed by atoms with Crippen molar-refractivity contribution in [3.8, 4) is 17.2 Å². The van der Waals surface area contributed by atoms with E-state index in [4.69, 9.17) is 15.2 Å². The summed E-state index contributed by atoms with van der Waals surface area (Å²) in [6.45, 7) is 4.29. The topological polar surface area (TPSA) is 57.4 Å². The van der Waals surface area contributed by atoms with Gasteiger partial charge in [-0.3, -0.25) is 4.98 Å². The van der Waals surface area contributed by atoms with Gasteiger partial charge in [0, 0.05) is 29.6 Å². The lowest BCUT2D eigenvalue weighted by atomic mass is 10.1.